The topological polar surface area (TPSA) is 16.4 Å². The molecular weight excluding hydrogens is 679 g/mol. The molecule has 2 unspecified atom stereocenters. The fraction of sp³-hybridized carbons (Fsp3) is 0.148. The van der Waals surface area contributed by atoms with Gasteiger partial charge in [0.15, 0.2) is 0 Å². The molecular formula is C54H43NO. The summed E-state index contributed by atoms with van der Waals surface area (Å²) in [6.45, 7) is 6.77. The van der Waals surface area contributed by atoms with Gasteiger partial charge in [0.25, 0.3) is 0 Å². The Labute approximate surface area is 328 Å². The number of nitrogens with zero attached hydrogens (tertiary/aromatic N) is 1. The van der Waals surface area contributed by atoms with E-state index in [1.807, 2.05) is 0 Å². The van der Waals surface area contributed by atoms with Gasteiger partial charge >= 0.3 is 0 Å². The first-order valence-corrected chi connectivity index (χ1v) is 20.1. The zero-order valence-corrected chi connectivity index (χ0v) is 32.1. The number of rotatable bonds is 3. The van der Waals surface area contributed by atoms with Gasteiger partial charge in [0, 0.05) is 50.8 Å². The standard InChI is InChI=1S/C54H43NO/c1-54(2,3)48-23-12-22-45-44-21-11-20-42(52(44)56-53(45)48)36-25-29-38(30-26-36)55-49-24-9-8-18-46(49)51-41-17-7-5-14-35(41)27-31-43(51)47-33-37(28-32-50(47)55)40-19-10-15-34-13-4-6-16-39(34)40/h4-17,19-32,37,46H,18,33H2,1-3H3. The molecule has 0 N–H and O–H groups in total. The molecule has 0 saturated heterocycles. The summed E-state index contributed by atoms with van der Waals surface area (Å²) in [6.07, 6.45) is 13.7. The summed E-state index contributed by atoms with van der Waals surface area (Å²) in [5, 5.41) is 7.62. The van der Waals surface area contributed by atoms with E-state index in [1.54, 1.807) is 0 Å². The lowest BCUT2D eigenvalue weighted by Crippen LogP contribution is -2.26. The molecule has 2 heteroatoms. The van der Waals surface area contributed by atoms with E-state index in [0.717, 1.165) is 40.5 Å². The first-order valence-electron chi connectivity index (χ1n) is 20.1. The van der Waals surface area contributed by atoms with Crippen molar-refractivity contribution in [1.82, 2.24) is 0 Å². The number of furan rings is 1. The van der Waals surface area contributed by atoms with Gasteiger partial charge in [-0.25, -0.2) is 0 Å². The van der Waals surface area contributed by atoms with Crippen LogP contribution in [0.2, 0.25) is 0 Å². The SMILES string of the molecule is CC(C)(C)c1cccc2c1oc1c(-c3ccc(N4C5=CC=CCC5c5c(ccc6ccccc56)C5=C4C=CC(c4cccc6ccccc46)C5)cc3)cccc12. The summed E-state index contributed by atoms with van der Waals surface area (Å²) in [6, 6.07) is 51.7. The molecule has 2 aliphatic carbocycles. The molecule has 0 radical (unpaired) electrons. The van der Waals surface area contributed by atoms with Crippen molar-refractivity contribution in [2.75, 3.05) is 4.90 Å². The van der Waals surface area contributed by atoms with E-state index >= 15 is 0 Å². The average Bonchev–Trinajstić information content (AvgIpc) is 3.57. The van der Waals surface area contributed by atoms with E-state index < -0.39 is 0 Å². The third-order valence-corrected chi connectivity index (χ3v) is 12.5. The van der Waals surface area contributed by atoms with Crippen LogP contribution in [0.25, 0.3) is 60.2 Å². The van der Waals surface area contributed by atoms with E-state index in [2.05, 4.69) is 196 Å². The maximum Gasteiger partial charge on any atom is 0.143 e. The van der Waals surface area contributed by atoms with Crippen LogP contribution < -0.4 is 4.90 Å². The zero-order valence-electron chi connectivity index (χ0n) is 32.1. The lowest BCUT2D eigenvalue weighted by molar-refractivity contribution is 0.573. The maximum absolute atomic E-state index is 6.80. The molecule has 0 amide bonds. The number of hydrogen-bond donors (Lipinski definition) is 0. The molecule has 3 aliphatic rings. The molecule has 0 spiro atoms. The van der Waals surface area contributed by atoms with E-state index in [9.17, 15) is 0 Å². The lowest BCUT2D eigenvalue weighted by atomic mass is 9.78. The Hall–Kier alpha value is -6.38. The van der Waals surface area contributed by atoms with Crippen molar-refractivity contribution in [2.24, 2.45) is 0 Å². The second-order valence-electron chi connectivity index (χ2n) is 16.8. The minimum absolute atomic E-state index is 0.0227. The summed E-state index contributed by atoms with van der Waals surface area (Å²) >= 11 is 0. The summed E-state index contributed by atoms with van der Waals surface area (Å²) < 4.78 is 6.80. The molecule has 7 aromatic carbocycles. The highest BCUT2D eigenvalue weighted by atomic mass is 16.3. The van der Waals surface area contributed by atoms with E-state index in [1.165, 1.54) is 71.8 Å². The van der Waals surface area contributed by atoms with Gasteiger partial charge in [0.1, 0.15) is 11.2 Å². The fourth-order valence-corrected chi connectivity index (χ4v) is 9.85. The maximum atomic E-state index is 6.80. The monoisotopic (exact) mass is 721 g/mol. The van der Waals surface area contributed by atoms with Crippen LogP contribution in [0.4, 0.5) is 5.69 Å². The van der Waals surface area contributed by atoms with Gasteiger partial charge in [-0.05, 0) is 91.9 Å². The van der Waals surface area contributed by atoms with Crippen molar-refractivity contribution in [1.29, 1.82) is 0 Å². The van der Waals surface area contributed by atoms with Crippen LogP contribution in [0.5, 0.6) is 0 Å². The Morgan fingerprint density at radius 2 is 1.32 bits per heavy atom. The van der Waals surface area contributed by atoms with Gasteiger partial charge in [-0.2, -0.15) is 0 Å². The van der Waals surface area contributed by atoms with Crippen LogP contribution in [0.1, 0.15) is 67.7 Å². The molecule has 1 aromatic heterocycles. The van der Waals surface area contributed by atoms with Gasteiger partial charge in [-0.15, -0.1) is 0 Å². The van der Waals surface area contributed by atoms with Crippen molar-refractivity contribution in [3.63, 3.8) is 0 Å². The Balaban J connectivity index is 1.07. The normalized spacial score (nSPS) is 18.0. The minimum Gasteiger partial charge on any atom is -0.455 e. The van der Waals surface area contributed by atoms with Gasteiger partial charge in [-0.1, -0.05) is 166 Å². The summed E-state index contributed by atoms with van der Waals surface area (Å²) in [7, 11) is 0. The molecule has 8 aromatic rings. The number of allylic oxidation sites excluding steroid dienone is 7. The van der Waals surface area contributed by atoms with Crippen molar-refractivity contribution in [2.45, 2.75) is 50.9 Å². The third-order valence-electron chi connectivity index (χ3n) is 12.5. The van der Waals surface area contributed by atoms with Gasteiger partial charge in [0.2, 0.25) is 0 Å². The Morgan fingerprint density at radius 3 is 2.14 bits per heavy atom. The number of anilines is 1. The Kier molecular flexibility index (Phi) is 7.41. The first kappa shape index (κ1) is 33.0. The van der Waals surface area contributed by atoms with Crippen LogP contribution >= 0.6 is 0 Å². The lowest BCUT2D eigenvalue weighted by Gasteiger charge is -2.35. The molecule has 0 fully saturated rings. The van der Waals surface area contributed by atoms with Gasteiger partial charge < -0.3 is 9.32 Å². The molecule has 0 saturated carbocycles. The van der Waals surface area contributed by atoms with Crippen molar-refractivity contribution in [3.8, 4) is 11.1 Å². The minimum atomic E-state index is -0.0227. The van der Waals surface area contributed by atoms with E-state index in [0.29, 0.717) is 0 Å². The van der Waals surface area contributed by atoms with Crippen molar-refractivity contribution >= 4 is 54.7 Å². The van der Waals surface area contributed by atoms with E-state index in [-0.39, 0.29) is 17.3 Å². The number of hydrogen-bond acceptors (Lipinski definition) is 2. The smallest absolute Gasteiger partial charge is 0.143 e. The molecule has 11 rings (SSSR count). The average molecular weight is 722 g/mol. The second kappa shape index (κ2) is 12.6. The predicted octanol–water partition coefficient (Wildman–Crippen LogP) is 14.8. The van der Waals surface area contributed by atoms with Gasteiger partial charge in [0.05, 0.1) is 0 Å². The van der Waals surface area contributed by atoms with Crippen LogP contribution in [-0.4, -0.2) is 0 Å². The van der Waals surface area contributed by atoms with Crippen molar-refractivity contribution < 1.29 is 4.42 Å². The predicted molar refractivity (Wildman–Crippen MR) is 236 cm³/mol. The number of benzene rings is 7. The highest BCUT2D eigenvalue weighted by Crippen LogP contribution is 2.52. The second-order valence-corrected chi connectivity index (χ2v) is 16.8. The van der Waals surface area contributed by atoms with Crippen LogP contribution in [0, 0.1) is 0 Å². The quantitative estimate of drug-likeness (QED) is 0.181. The molecule has 2 heterocycles. The first-order chi connectivity index (χ1) is 27.4. The van der Waals surface area contributed by atoms with Crippen LogP contribution in [0.3, 0.4) is 0 Å². The summed E-state index contributed by atoms with van der Waals surface area (Å²) in [4.78, 5) is 2.56. The summed E-state index contributed by atoms with van der Waals surface area (Å²) in [5.74, 6) is 0.482. The zero-order chi connectivity index (χ0) is 37.5. The molecule has 270 valence electrons. The molecule has 0 bridgehead atoms. The molecule has 2 nitrogen and oxygen atoms in total. The molecule has 1 aliphatic heterocycles. The Morgan fingerprint density at radius 1 is 0.625 bits per heavy atom. The van der Waals surface area contributed by atoms with Crippen molar-refractivity contribution in [3.05, 3.63) is 204 Å². The highest BCUT2D eigenvalue weighted by Gasteiger charge is 2.36. The summed E-state index contributed by atoms with van der Waals surface area (Å²) in [5.41, 5.74) is 14.8. The molecule has 2 atom stereocenters. The highest BCUT2D eigenvalue weighted by molar-refractivity contribution is 6.10. The van der Waals surface area contributed by atoms with Crippen LogP contribution in [-0.2, 0) is 5.41 Å². The molecule has 56 heavy (non-hydrogen) atoms. The number of para-hydroxylation sites is 2. The fourth-order valence-electron chi connectivity index (χ4n) is 9.85. The third kappa shape index (κ3) is 5.09. The number of fused-ring (bicyclic) bond motifs is 10. The van der Waals surface area contributed by atoms with E-state index in [4.69, 9.17) is 4.42 Å². The van der Waals surface area contributed by atoms with Crippen LogP contribution in [0.15, 0.2) is 186 Å². The largest absolute Gasteiger partial charge is 0.455 e. The van der Waals surface area contributed by atoms with Gasteiger partial charge in [-0.3, -0.25) is 0 Å². The Bertz CT molecular complexity index is 3010.